The van der Waals surface area contributed by atoms with Gasteiger partial charge in [0.05, 0.1) is 5.92 Å². The maximum atomic E-state index is 12.5. The summed E-state index contributed by atoms with van der Waals surface area (Å²) < 4.78 is 0. The molecule has 112 valence electrons. The molecule has 0 aromatic heterocycles. The van der Waals surface area contributed by atoms with Crippen LogP contribution in [0.2, 0.25) is 0 Å². The first-order valence-electron chi connectivity index (χ1n) is 6.80. The monoisotopic (exact) mass is 283 g/mol. The van der Waals surface area contributed by atoms with Gasteiger partial charge in [0.2, 0.25) is 5.91 Å². The number of aliphatic carboxylic acids is 1. The molecule has 0 aliphatic carbocycles. The Bertz CT molecular complexity index is 449. The predicted octanol–water partition coefficient (Wildman–Crippen LogP) is 0.0655. The number of carbonyl (C=O) groups excluding carboxylic acids is 2. The quantitative estimate of drug-likeness (QED) is 0.738. The Hall–Kier alpha value is -1.79. The average Bonchev–Trinajstić information content (AvgIpc) is 2.85. The van der Waals surface area contributed by atoms with Crippen LogP contribution in [0.15, 0.2) is 0 Å². The van der Waals surface area contributed by atoms with Gasteiger partial charge in [-0.25, -0.2) is 4.79 Å². The van der Waals surface area contributed by atoms with Gasteiger partial charge in [0.25, 0.3) is 0 Å². The maximum absolute atomic E-state index is 12.5. The number of likely N-dealkylation sites (N-methyl/N-ethyl adjacent to an activating group) is 1. The minimum absolute atomic E-state index is 0.0916. The maximum Gasteiger partial charge on any atom is 0.320 e. The van der Waals surface area contributed by atoms with Gasteiger partial charge in [-0.05, 0) is 20.3 Å². The van der Waals surface area contributed by atoms with Crippen LogP contribution in [0.25, 0.3) is 0 Å². The number of amides is 3. The summed E-state index contributed by atoms with van der Waals surface area (Å²) in [6, 6.07) is -0.236. The lowest BCUT2D eigenvalue weighted by atomic mass is 9.98. The van der Waals surface area contributed by atoms with Crippen LogP contribution in [0.3, 0.4) is 0 Å². The van der Waals surface area contributed by atoms with Crippen molar-refractivity contribution in [3.63, 3.8) is 0 Å². The molecule has 20 heavy (non-hydrogen) atoms. The van der Waals surface area contributed by atoms with Crippen LogP contribution in [-0.4, -0.2) is 76.5 Å². The molecule has 3 amide bonds. The molecule has 0 spiro atoms. The number of rotatable bonds is 1. The second-order valence-corrected chi connectivity index (χ2v) is 5.99. The van der Waals surface area contributed by atoms with Gasteiger partial charge >= 0.3 is 12.0 Å². The van der Waals surface area contributed by atoms with E-state index in [4.69, 9.17) is 5.11 Å². The van der Waals surface area contributed by atoms with Gasteiger partial charge in [0.15, 0.2) is 0 Å². The number of carboxylic acid groups (broad SMARTS) is 1. The highest BCUT2D eigenvalue weighted by molar-refractivity contribution is 5.91. The van der Waals surface area contributed by atoms with Crippen molar-refractivity contribution in [2.75, 3.05) is 33.2 Å². The van der Waals surface area contributed by atoms with Crippen molar-refractivity contribution in [2.45, 2.75) is 25.8 Å². The summed E-state index contributed by atoms with van der Waals surface area (Å²) in [6.07, 6.45) is 0.475. The molecular weight excluding hydrogens is 262 g/mol. The smallest absolute Gasteiger partial charge is 0.320 e. The van der Waals surface area contributed by atoms with E-state index in [0.717, 1.165) is 0 Å². The van der Waals surface area contributed by atoms with Gasteiger partial charge in [-0.1, -0.05) is 0 Å². The van der Waals surface area contributed by atoms with Gasteiger partial charge in [-0.2, -0.15) is 0 Å². The molecule has 2 fully saturated rings. The predicted molar refractivity (Wildman–Crippen MR) is 71.1 cm³/mol. The fraction of sp³-hybridized carbons (Fsp3) is 0.769. The number of urea groups is 1. The molecule has 1 N–H and O–H groups in total. The Labute approximate surface area is 118 Å². The summed E-state index contributed by atoms with van der Waals surface area (Å²) in [5.41, 5.74) is -0.884. The molecule has 0 saturated carbocycles. The van der Waals surface area contributed by atoms with Crippen molar-refractivity contribution in [1.82, 2.24) is 14.7 Å². The molecule has 2 aliphatic rings. The highest BCUT2D eigenvalue weighted by atomic mass is 16.4. The summed E-state index contributed by atoms with van der Waals surface area (Å²) in [7, 11) is 1.72. The van der Waals surface area contributed by atoms with E-state index < -0.39 is 17.4 Å². The van der Waals surface area contributed by atoms with Crippen LogP contribution in [-0.2, 0) is 9.59 Å². The fourth-order valence-electron chi connectivity index (χ4n) is 2.85. The zero-order valence-electron chi connectivity index (χ0n) is 12.1. The second-order valence-electron chi connectivity index (χ2n) is 5.99. The zero-order valence-corrected chi connectivity index (χ0v) is 12.1. The standard InChI is InChI=1S/C13H21N3O4/c1-13(2)11(19)14(3)6-7-16(13)12(20)15-5-4-9(8-15)10(17)18/h9H,4-8H2,1-3H3,(H,17,18). The lowest BCUT2D eigenvalue weighted by Crippen LogP contribution is -2.65. The van der Waals surface area contributed by atoms with Gasteiger partial charge < -0.3 is 19.8 Å². The molecule has 0 radical (unpaired) electrons. The normalized spacial score (nSPS) is 26.1. The molecule has 2 saturated heterocycles. The van der Waals surface area contributed by atoms with E-state index in [1.807, 2.05) is 0 Å². The molecule has 7 heteroatoms. The molecule has 2 aliphatic heterocycles. The van der Waals surface area contributed by atoms with Gasteiger partial charge in [-0.15, -0.1) is 0 Å². The van der Waals surface area contributed by atoms with Crippen LogP contribution in [0.4, 0.5) is 4.79 Å². The highest BCUT2D eigenvalue weighted by Gasteiger charge is 2.45. The Balaban J connectivity index is 2.10. The average molecular weight is 283 g/mol. The number of likely N-dealkylation sites (tertiary alicyclic amines) is 1. The van der Waals surface area contributed by atoms with E-state index in [1.54, 1.807) is 35.6 Å². The first-order valence-corrected chi connectivity index (χ1v) is 6.80. The van der Waals surface area contributed by atoms with Gasteiger partial charge in [-0.3, -0.25) is 9.59 Å². The summed E-state index contributed by atoms with van der Waals surface area (Å²) in [5, 5.41) is 8.99. The molecule has 7 nitrogen and oxygen atoms in total. The Morgan fingerprint density at radius 1 is 1.25 bits per heavy atom. The largest absolute Gasteiger partial charge is 0.481 e. The van der Waals surface area contributed by atoms with Crippen LogP contribution < -0.4 is 0 Å². The summed E-state index contributed by atoms with van der Waals surface area (Å²) in [5.74, 6) is -1.45. The van der Waals surface area contributed by atoms with E-state index in [0.29, 0.717) is 26.1 Å². The highest BCUT2D eigenvalue weighted by Crippen LogP contribution is 2.25. The number of piperazine rings is 1. The third-order valence-corrected chi connectivity index (χ3v) is 4.24. The zero-order chi connectivity index (χ0) is 15.1. The van der Waals surface area contributed by atoms with Crippen molar-refractivity contribution >= 4 is 17.9 Å². The van der Waals surface area contributed by atoms with E-state index in [9.17, 15) is 14.4 Å². The number of hydrogen-bond acceptors (Lipinski definition) is 3. The molecule has 1 atom stereocenters. The Morgan fingerprint density at radius 2 is 1.90 bits per heavy atom. The molecule has 0 bridgehead atoms. The lowest BCUT2D eigenvalue weighted by molar-refractivity contribution is -0.145. The first kappa shape index (κ1) is 14.6. The lowest BCUT2D eigenvalue weighted by Gasteiger charge is -2.45. The van der Waals surface area contributed by atoms with Gasteiger partial charge in [0.1, 0.15) is 5.54 Å². The van der Waals surface area contributed by atoms with Crippen LogP contribution in [0.5, 0.6) is 0 Å². The SMILES string of the molecule is CN1CCN(C(=O)N2CCC(C(=O)O)C2)C(C)(C)C1=O. The van der Waals surface area contributed by atoms with E-state index >= 15 is 0 Å². The third-order valence-electron chi connectivity index (χ3n) is 4.24. The van der Waals surface area contributed by atoms with Crippen LogP contribution >= 0.6 is 0 Å². The topological polar surface area (TPSA) is 81.2 Å². The molecule has 1 unspecified atom stereocenters. The molecular formula is C13H21N3O4. The van der Waals surface area contributed by atoms with Crippen LogP contribution in [0, 0.1) is 5.92 Å². The van der Waals surface area contributed by atoms with Crippen LogP contribution in [0.1, 0.15) is 20.3 Å². The molecule has 0 aromatic rings. The number of carbonyl (C=O) groups is 3. The minimum atomic E-state index is -0.884. The van der Waals surface area contributed by atoms with E-state index in [1.165, 1.54) is 0 Å². The fourth-order valence-corrected chi connectivity index (χ4v) is 2.85. The van der Waals surface area contributed by atoms with Crippen molar-refractivity contribution in [1.29, 1.82) is 0 Å². The molecule has 0 aromatic carbocycles. The van der Waals surface area contributed by atoms with E-state index in [2.05, 4.69) is 0 Å². The summed E-state index contributed by atoms with van der Waals surface area (Å²) >= 11 is 0. The third kappa shape index (κ3) is 2.32. The second kappa shape index (κ2) is 4.96. The van der Waals surface area contributed by atoms with Gasteiger partial charge in [0, 0.05) is 33.2 Å². The van der Waals surface area contributed by atoms with Crippen molar-refractivity contribution in [2.24, 2.45) is 5.92 Å². The summed E-state index contributed by atoms with van der Waals surface area (Å²) in [6.45, 7) is 5.10. The number of nitrogens with zero attached hydrogens (tertiary/aromatic N) is 3. The first-order chi connectivity index (χ1) is 9.25. The molecule has 2 heterocycles. The minimum Gasteiger partial charge on any atom is -0.481 e. The van der Waals surface area contributed by atoms with E-state index in [-0.39, 0.29) is 18.5 Å². The Morgan fingerprint density at radius 3 is 2.45 bits per heavy atom. The van der Waals surface area contributed by atoms with Crippen molar-refractivity contribution < 1.29 is 19.5 Å². The van der Waals surface area contributed by atoms with Crippen molar-refractivity contribution in [3.8, 4) is 0 Å². The number of carboxylic acids is 1. The number of hydrogen-bond donors (Lipinski definition) is 1. The Kier molecular flexibility index (Phi) is 3.62. The summed E-state index contributed by atoms with van der Waals surface area (Å²) in [4.78, 5) is 40.4. The van der Waals surface area contributed by atoms with Crippen molar-refractivity contribution in [3.05, 3.63) is 0 Å². The molecule has 2 rings (SSSR count).